The van der Waals surface area contributed by atoms with Crippen molar-refractivity contribution in [3.63, 3.8) is 0 Å². The van der Waals surface area contributed by atoms with Crippen molar-refractivity contribution in [2.45, 2.75) is 345 Å². The molecule has 0 saturated heterocycles. The zero-order valence-corrected chi connectivity index (χ0v) is 84.6. The average Bonchev–Trinajstić information content (AvgIpc) is 0.792. The maximum absolute atomic E-state index is 14.3. The summed E-state index contributed by atoms with van der Waals surface area (Å²) in [6, 6.07) is -37.2. The largest absolute Gasteiger partial charge is 0.481 e. The quantitative estimate of drug-likeness (QED) is 0.0269. The lowest BCUT2D eigenvalue weighted by atomic mass is 9.97. The van der Waals surface area contributed by atoms with Gasteiger partial charge >= 0.3 is 11.9 Å². The van der Waals surface area contributed by atoms with Crippen LogP contribution in [0.15, 0.2) is 0 Å². The second-order valence-electron chi connectivity index (χ2n) is 36.2. The number of hydrogen-bond donors (Lipinski definition) is 34. The van der Waals surface area contributed by atoms with E-state index in [9.17, 15) is 170 Å². The highest BCUT2D eigenvalue weighted by atomic mass is 16.4. The van der Waals surface area contributed by atoms with Crippen LogP contribution in [0.2, 0.25) is 0 Å². The lowest BCUT2D eigenvalue weighted by molar-refractivity contribution is -0.143. The molecular formula is C86H144N28O35. The standard InChI is InChI=1S/C86H144N28O35/c1-15-33(6)63(111-85(147)66(41(14)118)112-74(136)45(20-25-60(127)128)101-71(133)43(17-22-53(88)120)102-77(139)49(28-57(92)124)106-69(131)35(8)96-67(129)34(7)98-81(143)62(32(4)5)110-80(142)61(95)38(11)115)82(144)99-37(10)68(130)100-42(16-21-52(87)119)73(135)107-50(29-58(93)125)78(140)114-65(40(13)117)84(146)109-48(27-56(91)123)75(137)97-36(9)70(132)105-47(26-31(2)3)76(138)108-51(30-59(94)126)79(141)113-64(39(12)116)83(145)103-44(18-23-54(89)121)72(134)104-46(86(148)149)19-24-55(90)122/h31-51,61-66,115-118H,15-30,95H2,1-14H3,(H2,87,119)(H2,88,120)(H2,89,121)(H2,90,122)(H2,91,123)(H2,92,124)(H2,93,125)(H2,94,126)(H,96,129)(H,97,137)(H,98,143)(H,99,144)(H,100,130)(H,101,133)(H,102,139)(H,103,145)(H,104,134)(H,105,132)(H,106,131)(H,107,135)(H,108,138)(H,109,146)(H,110,142)(H,111,147)(H,112,136)(H,113,141)(H,114,140)(H,127,128)(H,148,149)/t33-,34-,35-,36-,37-,38+,39+,40+,41+,42-,43-,44-,45-,46-,47-,48-,49-,50-,51-,61-,62-,63-,64-,65-,66-/m0/s1. The third-order valence-corrected chi connectivity index (χ3v) is 22.1. The molecule has 0 aromatic rings. The first-order valence-electron chi connectivity index (χ1n) is 46.8. The van der Waals surface area contributed by atoms with Crippen LogP contribution >= 0.6 is 0 Å². The first-order valence-corrected chi connectivity index (χ1v) is 46.8. The molecule has 0 fully saturated rings. The smallest absolute Gasteiger partial charge is 0.326 e. The maximum atomic E-state index is 14.3. The van der Waals surface area contributed by atoms with E-state index >= 15 is 0 Å². The number of nitrogens with one attached hydrogen (secondary N) is 19. The molecule has 0 aromatic carbocycles. The van der Waals surface area contributed by atoms with E-state index in [4.69, 9.17) is 51.6 Å². The molecule has 0 aliphatic rings. The van der Waals surface area contributed by atoms with E-state index in [1.165, 1.54) is 27.7 Å². The summed E-state index contributed by atoms with van der Waals surface area (Å²) in [7, 11) is 0. The number of carbonyl (C=O) groups excluding carboxylic acids is 27. The fourth-order valence-corrected chi connectivity index (χ4v) is 13.3. The molecule has 838 valence electrons. The topological polar surface area (TPSA) is 1080 Å². The Morgan fingerprint density at radius 3 is 0.725 bits per heavy atom. The van der Waals surface area contributed by atoms with Crippen LogP contribution in [0.3, 0.4) is 0 Å². The zero-order valence-electron chi connectivity index (χ0n) is 84.6. The van der Waals surface area contributed by atoms with E-state index < -0.39 is 424 Å². The predicted octanol–water partition coefficient (Wildman–Crippen LogP) is -17.6. The first kappa shape index (κ1) is 133. The number of aliphatic hydroxyl groups excluding tert-OH is 4. The van der Waals surface area contributed by atoms with E-state index in [1.54, 1.807) is 27.7 Å². The minimum absolute atomic E-state index is 0.0316. The van der Waals surface area contributed by atoms with Gasteiger partial charge in [-0.3, -0.25) is 134 Å². The molecule has 0 radical (unpaired) electrons. The summed E-state index contributed by atoms with van der Waals surface area (Å²) in [5.74, 6) is -39.0. The lowest BCUT2D eigenvalue weighted by Crippen LogP contribution is -2.63. The summed E-state index contributed by atoms with van der Waals surface area (Å²) in [4.78, 5) is 384. The van der Waals surface area contributed by atoms with E-state index in [-0.39, 0.29) is 12.8 Å². The van der Waals surface area contributed by atoms with Crippen molar-refractivity contribution in [1.29, 1.82) is 0 Å². The molecule has 149 heavy (non-hydrogen) atoms. The van der Waals surface area contributed by atoms with Gasteiger partial charge in [0.25, 0.3) is 0 Å². The van der Waals surface area contributed by atoms with Crippen molar-refractivity contribution in [2.75, 3.05) is 0 Å². The Morgan fingerprint density at radius 1 is 0.221 bits per heavy atom. The number of carboxylic acids is 2. The van der Waals surface area contributed by atoms with Gasteiger partial charge in [0, 0.05) is 32.1 Å². The van der Waals surface area contributed by atoms with Crippen molar-refractivity contribution in [3.05, 3.63) is 0 Å². The van der Waals surface area contributed by atoms with Crippen LogP contribution in [0.4, 0.5) is 0 Å². The van der Waals surface area contributed by atoms with Crippen LogP contribution in [0.1, 0.15) is 200 Å². The summed E-state index contributed by atoms with van der Waals surface area (Å²) < 4.78 is 0. The molecule has 43 N–H and O–H groups in total. The van der Waals surface area contributed by atoms with Gasteiger partial charge in [0.2, 0.25) is 159 Å². The Hall–Kier alpha value is -15.6. The minimum Gasteiger partial charge on any atom is -0.481 e. The molecule has 63 heteroatoms. The first-order chi connectivity index (χ1) is 68.9. The highest BCUT2D eigenvalue weighted by Gasteiger charge is 2.43. The highest BCUT2D eigenvalue weighted by molar-refractivity contribution is 6.04. The minimum atomic E-state index is -2.25. The number of aliphatic carboxylic acids is 2. The van der Waals surface area contributed by atoms with Crippen LogP contribution in [0.5, 0.6) is 0 Å². The Morgan fingerprint density at radius 2 is 0.430 bits per heavy atom. The molecule has 0 spiro atoms. The van der Waals surface area contributed by atoms with Crippen LogP contribution in [0.25, 0.3) is 0 Å². The van der Waals surface area contributed by atoms with Gasteiger partial charge in [-0.1, -0.05) is 48.0 Å². The molecular weight excluding hydrogens is 1990 g/mol. The number of carboxylic acid groups (broad SMARTS) is 2. The SMILES string of the molecule is CC[C@H](C)[C@H](NC(=O)[C@@H](NC(=O)[C@H](CCC(=O)O)NC(=O)[C@H](CCC(N)=O)NC(=O)[C@H](CC(N)=O)NC(=O)[C@H](C)NC(=O)[C@H](C)NC(=O)[C@@H](NC(=O)[C@@H](N)[C@@H](C)O)C(C)C)[C@@H](C)O)C(=O)N[C@@H](C)C(=O)N[C@@H](CCC(N)=O)C(=O)N[C@@H](CC(N)=O)C(=O)N[C@H](C(=O)N[C@@H](CC(N)=O)C(=O)N[C@@H](C)C(=O)N[C@@H](CC(C)C)C(=O)N[C@@H](CC(N)=O)C(=O)N[C@H](C(=O)N[C@@H](CCC(N)=O)C(=O)N[C@@H](CCC(N)=O)C(=O)O)[C@@H](C)O)[C@@H](C)O. The number of rotatable bonds is 71. The van der Waals surface area contributed by atoms with Gasteiger partial charge in [-0.2, -0.15) is 0 Å². The summed E-state index contributed by atoms with van der Waals surface area (Å²) in [6.45, 7) is 17.5. The van der Waals surface area contributed by atoms with E-state index in [1.807, 2.05) is 5.32 Å². The molecule has 0 unspecified atom stereocenters. The second kappa shape index (κ2) is 65.1. The Bertz CT molecular complexity index is 4830. The lowest BCUT2D eigenvalue weighted by Gasteiger charge is -2.30. The monoisotopic (exact) mass is 2130 g/mol. The van der Waals surface area contributed by atoms with Crippen molar-refractivity contribution < 1.29 is 170 Å². The number of carbonyl (C=O) groups is 29. The summed E-state index contributed by atoms with van der Waals surface area (Å²) in [5, 5.41) is 103. The van der Waals surface area contributed by atoms with Gasteiger partial charge in [0.15, 0.2) is 0 Å². The number of amides is 27. The number of aliphatic hydroxyl groups is 4. The van der Waals surface area contributed by atoms with Gasteiger partial charge in [-0.25, -0.2) is 4.79 Å². The van der Waals surface area contributed by atoms with Gasteiger partial charge in [-0.15, -0.1) is 0 Å². The molecule has 0 aliphatic heterocycles. The normalized spacial score (nSPS) is 16.1. The van der Waals surface area contributed by atoms with E-state index in [0.29, 0.717) is 0 Å². The zero-order chi connectivity index (χ0) is 115. The summed E-state index contributed by atoms with van der Waals surface area (Å²) in [6.07, 6.45) is -18.7. The highest BCUT2D eigenvalue weighted by Crippen LogP contribution is 2.16. The number of hydrogen-bond acceptors (Lipinski definition) is 34. The van der Waals surface area contributed by atoms with Gasteiger partial charge in [0.1, 0.15) is 121 Å². The van der Waals surface area contributed by atoms with Crippen molar-refractivity contribution in [2.24, 2.45) is 69.4 Å². The van der Waals surface area contributed by atoms with Gasteiger partial charge < -0.3 is 183 Å². The van der Waals surface area contributed by atoms with Gasteiger partial charge in [-0.05, 0) is 112 Å². The van der Waals surface area contributed by atoms with Crippen molar-refractivity contribution in [1.82, 2.24) is 101 Å². The molecule has 27 amide bonds. The molecule has 0 heterocycles. The van der Waals surface area contributed by atoms with Crippen LogP contribution in [0, 0.1) is 17.8 Å². The predicted molar refractivity (Wildman–Crippen MR) is 511 cm³/mol. The summed E-state index contributed by atoms with van der Waals surface area (Å²) >= 11 is 0. The Balaban J connectivity index is 7.02. The molecule has 0 bridgehead atoms. The van der Waals surface area contributed by atoms with Crippen molar-refractivity contribution >= 4 is 171 Å². The Kier molecular flexibility index (Phi) is 58.3. The maximum Gasteiger partial charge on any atom is 0.326 e. The molecule has 0 aromatic heterocycles. The third-order valence-electron chi connectivity index (χ3n) is 22.1. The number of nitrogens with two attached hydrogens (primary N) is 9. The van der Waals surface area contributed by atoms with Gasteiger partial charge in [0.05, 0.1) is 50.1 Å². The second-order valence-corrected chi connectivity index (χ2v) is 36.2. The van der Waals surface area contributed by atoms with E-state index in [2.05, 4.69) is 95.7 Å². The fraction of sp³-hybridized carbons (Fsp3) is 0.663. The Labute approximate surface area is 853 Å². The molecule has 0 rings (SSSR count). The average molecular weight is 2130 g/mol. The molecule has 0 saturated carbocycles. The van der Waals surface area contributed by atoms with Crippen LogP contribution in [-0.4, -0.2) is 347 Å². The van der Waals surface area contributed by atoms with Crippen LogP contribution < -0.4 is 153 Å². The molecule has 63 nitrogen and oxygen atoms in total. The molecule has 25 atom stereocenters. The van der Waals surface area contributed by atoms with Crippen LogP contribution in [-0.2, 0) is 139 Å². The number of primary amides is 8. The van der Waals surface area contributed by atoms with E-state index in [0.717, 1.165) is 41.5 Å². The third kappa shape index (κ3) is 50.4. The van der Waals surface area contributed by atoms with Crippen molar-refractivity contribution in [3.8, 4) is 0 Å². The summed E-state index contributed by atoms with van der Waals surface area (Å²) in [5.41, 5.74) is 48.5. The fourth-order valence-electron chi connectivity index (χ4n) is 13.3. The molecule has 0 aliphatic carbocycles.